The van der Waals surface area contributed by atoms with Crippen molar-refractivity contribution in [2.45, 2.75) is 12.8 Å². The lowest BCUT2D eigenvalue weighted by molar-refractivity contribution is -0.136. The molecule has 0 atom stereocenters. The number of carboxylic acids is 1. The molecule has 1 fully saturated rings. The summed E-state index contributed by atoms with van der Waals surface area (Å²) in [5, 5.41) is 15.0. The number of nitrogens with one attached hydrogen (secondary N) is 1. The summed E-state index contributed by atoms with van der Waals surface area (Å²) in [6.45, 7) is 0.244. The first-order valence-electron chi connectivity index (χ1n) is 5.33. The number of hydrogen-bond acceptors (Lipinski definition) is 4. The molecule has 0 spiro atoms. The summed E-state index contributed by atoms with van der Waals surface area (Å²) in [7, 11) is 1.61. The van der Waals surface area contributed by atoms with Crippen molar-refractivity contribution in [3.05, 3.63) is 11.8 Å². The van der Waals surface area contributed by atoms with Crippen LogP contribution >= 0.6 is 0 Å². The molecule has 0 bridgehead atoms. The zero-order valence-corrected chi connectivity index (χ0v) is 9.71. The minimum atomic E-state index is -0.970. The van der Waals surface area contributed by atoms with Crippen LogP contribution in [0.15, 0.2) is 6.07 Å². The van der Waals surface area contributed by atoms with E-state index in [1.807, 2.05) is 0 Å². The number of urea groups is 1. The smallest absolute Gasteiger partial charge is 0.329 e. The number of aromatic nitrogens is 2. The van der Waals surface area contributed by atoms with E-state index in [1.165, 1.54) is 15.6 Å². The number of hydrogen-bond donors (Lipinski definition) is 2. The van der Waals surface area contributed by atoms with Gasteiger partial charge in [0.25, 0.3) is 0 Å². The molecule has 3 amide bonds. The molecule has 0 radical (unpaired) electrons. The molecule has 0 aliphatic carbocycles. The molecular weight excluding hydrogens is 240 g/mol. The van der Waals surface area contributed by atoms with Crippen LogP contribution in [0, 0.1) is 0 Å². The van der Waals surface area contributed by atoms with Crippen LogP contribution < -0.4 is 10.2 Å². The van der Waals surface area contributed by atoms with E-state index in [9.17, 15) is 14.4 Å². The summed E-state index contributed by atoms with van der Waals surface area (Å²) in [5.74, 6) is -0.945. The highest BCUT2D eigenvalue weighted by Gasteiger charge is 2.26. The predicted octanol–water partition coefficient (Wildman–Crippen LogP) is -0.506. The molecule has 1 aromatic heterocycles. The van der Waals surface area contributed by atoms with Crippen molar-refractivity contribution in [3.63, 3.8) is 0 Å². The number of imide groups is 1. The maximum atomic E-state index is 11.6. The van der Waals surface area contributed by atoms with Crippen molar-refractivity contribution >= 4 is 23.7 Å². The fourth-order valence-electron chi connectivity index (χ4n) is 1.72. The van der Waals surface area contributed by atoms with Crippen molar-refractivity contribution in [1.82, 2.24) is 15.1 Å². The van der Waals surface area contributed by atoms with Crippen LogP contribution in [-0.2, 0) is 23.1 Å². The van der Waals surface area contributed by atoms with Gasteiger partial charge in [-0.15, -0.1) is 0 Å². The van der Waals surface area contributed by atoms with Gasteiger partial charge in [0.1, 0.15) is 0 Å². The van der Waals surface area contributed by atoms with Crippen molar-refractivity contribution < 1.29 is 19.5 Å². The van der Waals surface area contributed by atoms with Crippen LogP contribution in [0.5, 0.6) is 0 Å². The van der Waals surface area contributed by atoms with Gasteiger partial charge in [-0.3, -0.25) is 24.5 Å². The van der Waals surface area contributed by atoms with Crippen LogP contribution in [0.3, 0.4) is 0 Å². The highest BCUT2D eigenvalue weighted by Crippen LogP contribution is 2.17. The second-order valence-electron chi connectivity index (χ2n) is 3.94. The topological polar surface area (TPSA) is 105 Å². The van der Waals surface area contributed by atoms with E-state index in [1.54, 1.807) is 7.05 Å². The van der Waals surface area contributed by atoms with E-state index in [0.717, 1.165) is 0 Å². The van der Waals surface area contributed by atoms with Crippen LogP contribution in [-0.4, -0.2) is 39.3 Å². The van der Waals surface area contributed by atoms with Gasteiger partial charge >= 0.3 is 12.0 Å². The Hall–Kier alpha value is -2.38. The molecule has 8 heteroatoms. The van der Waals surface area contributed by atoms with E-state index in [2.05, 4.69) is 10.4 Å². The van der Waals surface area contributed by atoms with E-state index >= 15 is 0 Å². The largest absolute Gasteiger partial charge is 0.481 e. The number of aliphatic carboxylic acids is 1. The van der Waals surface area contributed by atoms with Gasteiger partial charge in [0.05, 0.1) is 12.1 Å². The molecule has 2 rings (SSSR count). The summed E-state index contributed by atoms with van der Waals surface area (Å²) in [6.07, 6.45) is 0.0362. The molecule has 0 saturated carbocycles. The Labute approximate surface area is 102 Å². The van der Waals surface area contributed by atoms with Gasteiger partial charge in [0.2, 0.25) is 5.91 Å². The van der Waals surface area contributed by atoms with E-state index in [4.69, 9.17) is 5.11 Å². The second kappa shape index (κ2) is 4.47. The molecule has 2 heterocycles. The molecule has 8 nitrogen and oxygen atoms in total. The maximum absolute atomic E-state index is 11.6. The number of carboxylic acid groups (broad SMARTS) is 1. The van der Waals surface area contributed by atoms with E-state index in [-0.39, 0.29) is 25.3 Å². The quantitative estimate of drug-likeness (QED) is 0.754. The molecule has 18 heavy (non-hydrogen) atoms. The third-order valence-electron chi connectivity index (χ3n) is 2.63. The Balaban J connectivity index is 2.21. The highest BCUT2D eigenvalue weighted by atomic mass is 16.4. The van der Waals surface area contributed by atoms with Gasteiger partial charge < -0.3 is 5.11 Å². The number of rotatable bonds is 3. The molecular formula is C10H12N4O4. The predicted molar refractivity (Wildman–Crippen MR) is 60.0 cm³/mol. The fourth-order valence-corrected chi connectivity index (χ4v) is 1.72. The number of amides is 3. The van der Waals surface area contributed by atoms with Gasteiger partial charge in [-0.05, 0) is 0 Å². The van der Waals surface area contributed by atoms with Gasteiger partial charge in [0.15, 0.2) is 5.82 Å². The number of carbonyl (C=O) groups excluding carboxylic acids is 2. The number of carbonyl (C=O) groups is 3. The second-order valence-corrected chi connectivity index (χ2v) is 3.94. The first kappa shape index (κ1) is 12.1. The van der Waals surface area contributed by atoms with Crippen LogP contribution in [0.25, 0.3) is 0 Å². The van der Waals surface area contributed by atoms with Crippen LogP contribution in [0.4, 0.5) is 10.6 Å². The molecule has 0 unspecified atom stereocenters. The van der Waals surface area contributed by atoms with E-state index < -0.39 is 12.0 Å². The summed E-state index contributed by atoms with van der Waals surface area (Å²) >= 11 is 0. The summed E-state index contributed by atoms with van der Waals surface area (Å²) in [5.41, 5.74) is 0.488. The normalized spacial score (nSPS) is 15.7. The molecule has 1 aliphatic heterocycles. The lowest BCUT2D eigenvalue weighted by atomic mass is 10.3. The fraction of sp³-hybridized carbons (Fsp3) is 0.400. The number of aryl methyl sites for hydroxylation is 1. The van der Waals surface area contributed by atoms with Gasteiger partial charge in [-0.1, -0.05) is 0 Å². The Morgan fingerprint density at radius 1 is 1.56 bits per heavy atom. The average molecular weight is 252 g/mol. The maximum Gasteiger partial charge on any atom is 0.329 e. The first-order chi connectivity index (χ1) is 8.47. The minimum absolute atomic E-state index is 0.169. The van der Waals surface area contributed by atoms with Crippen molar-refractivity contribution in [2.75, 3.05) is 11.4 Å². The highest BCUT2D eigenvalue weighted by molar-refractivity contribution is 6.05. The van der Waals surface area contributed by atoms with Gasteiger partial charge in [0, 0.05) is 26.1 Å². The van der Waals surface area contributed by atoms with Crippen LogP contribution in [0.1, 0.15) is 12.1 Å². The average Bonchev–Trinajstić information content (AvgIpc) is 2.59. The Kier molecular flexibility index (Phi) is 3.00. The van der Waals surface area contributed by atoms with Gasteiger partial charge in [-0.25, -0.2) is 4.79 Å². The molecule has 96 valence electrons. The SMILES string of the molecule is Cn1nc(N2CCC(=O)NC2=O)cc1CC(=O)O. The Bertz CT molecular complexity index is 522. The molecule has 1 saturated heterocycles. The molecule has 0 aromatic carbocycles. The van der Waals surface area contributed by atoms with Crippen molar-refractivity contribution in [1.29, 1.82) is 0 Å². The summed E-state index contributed by atoms with van der Waals surface area (Å²) in [6, 6.07) is 0.995. The van der Waals surface area contributed by atoms with Crippen molar-refractivity contribution in [2.24, 2.45) is 7.05 Å². The summed E-state index contributed by atoms with van der Waals surface area (Å²) < 4.78 is 1.41. The monoisotopic (exact) mass is 252 g/mol. The lowest BCUT2D eigenvalue weighted by Crippen LogP contribution is -2.49. The van der Waals surface area contributed by atoms with Crippen LogP contribution in [0.2, 0.25) is 0 Å². The Morgan fingerprint density at radius 3 is 2.89 bits per heavy atom. The molecule has 1 aliphatic rings. The first-order valence-corrected chi connectivity index (χ1v) is 5.33. The Morgan fingerprint density at radius 2 is 2.28 bits per heavy atom. The number of nitrogens with zero attached hydrogens (tertiary/aromatic N) is 3. The summed E-state index contributed by atoms with van der Waals surface area (Å²) in [4.78, 5) is 34.5. The van der Waals surface area contributed by atoms with Gasteiger partial charge in [-0.2, -0.15) is 5.10 Å². The van der Waals surface area contributed by atoms with E-state index in [0.29, 0.717) is 11.5 Å². The van der Waals surface area contributed by atoms with Crippen molar-refractivity contribution in [3.8, 4) is 0 Å². The molecule has 1 aromatic rings. The third kappa shape index (κ3) is 2.31. The zero-order valence-electron chi connectivity index (χ0n) is 9.71. The zero-order chi connectivity index (χ0) is 13.3. The minimum Gasteiger partial charge on any atom is -0.481 e. The lowest BCUT2D eigenvalue weighted by Gasteiger charge is -2.24. The third-order valence-corrected chi connectivity index (χ3v) is 2.63. The molecule has 2 N–H and O–H groups in total. The standard InChI is InChI=1S/C10H12N4O4/c1-13-6(5-9(16)17)4-7(12-13)14-3-2-8(15)11-10(14)18/h4H,2-3,5H2,1H3,(H,16,17)(H,11,15,18). The number of anilines is 1.